The Balaban J connectivity index is 1.97. The number of ether oxygens (including phenoxy) is 1. The number of anilines is 1. The van der Waals surface area contributed by atoms with Crippen LogP contribution in [0.25, 0.3) is 11.1 Å². The van der Waals surface area contributed by atoms with Gasteiger partial charge in [-0.3, -0.25) is 0 Å². The molecule has 1 fully saturated rings. The van der Waals surface area contributed by atoms with Crippen molar-refractivity contribution in [1.29, 1.82) is 5.41 Å². The first-order chi connectivity index (χ1) is 13.4. The van der Waals surface area contributed by atoms with E-state index in [-0.39, 0.29) is 22.8 Å². The summed E-state index contributed by atoms with van der Waals surface area (Å²) in [6, 6.07) is 14.3. The van der Waals surface area contributed by atoms with Crippen molar-refractivity contribution in [1.82, 2.24) is 0 Å². The standard InChI is InChI=1S/C22H22N2O4/c1-13(23)19(22(27)28-2)20(14-9-10-14)24-18-8-4-6-16(12-18)15-5-3-7-17(11-15)21(25)26/h3-8,11-12,14,23-24H,9-10H2,1-2H3,(H,25,26)/b20-19+,23-13?. The van der Waals surface area contributed by atoms with Crippen LogP contribution in [0, 0.1) is 11.3 Å². The van der Waals surface area contributed by atoms with Gasteiger partial charge in [0, 0.05) is 17.1 Å². The molecule has 0 bridgehead atoms. The number of carboxylic acid groups (broad SMARTS) is 1. The first-order valence-electron chi connectivity index (χ1n) is 8.99. The van der Waals surface area contributed by atoms with Crippen LogP contribution in [0.3, 0.4) is 0 Å². The molecule has 0 aliphatic heterocycles. The SMILES string of the molecule is COC(=O)/C(C(C)=N)=C(/Nc1cccc(-c2cccc(C(=O)O)c2)c1)C1CC1. The van der Waals surface area contributed by atoms with Crippen molar-refractivity contribution < 1.29 is 19.4 Å². The Morgan fingerprint density at radius 2 is 1.75 bits per heavy atom. The summed E-state index contributed by atoms with van der Waals surface area (Å²) in [6.45, 7) is 1.57. The quantitative estimate of drug-likeness (QED) is 0.378. The molecular weight excluding hydrogens is 356 g/mol. The van der Waals surface area contributed by atoms with Gasteiger partial charge in [-0.15, -0.1) is 0 Å². The van der Waals surface area contributed by atoms with Gasteiger partial charge in [-0.05, 0) is 61.1 Å². The highest BCUT2D eigenvalue weighted by Gasteiger charge is 2.32. The molecule has 1 aliphatic carbocycles. The van der Waals surface area contributed by atoms with Crippen molar-refractivity contribution in [3.05, 3.63) is 65.4 Å². The average molecular weight is 378 g/mol. The first kappa shape index (κ1) is 19.4. The van der Waals surface area contributed by atoms with Gasteiger partial charge in [0.1, 0.15) is 0 Å². The van der Waals surface area contributed by atoms with Gasteiger partial charge in [-0.2, -0.15) is 0 Å². The van der Waals surface area contributed by atoms with Gasteiger partial charge >= 0.3 is 11.9 Å². The summed E-state index contributed by atoms with van der Waals surface area (Å²) in [6.07, 6.45) is 1.91. The molecule has 6 nitrogen and oxygen atoms in total. The van der Waals surface area contributed by atoms with Crippen LogP contribution in [-0.4, -0.2) is 29.9 Å². The summed E-state index contributed by atoms with van der Waals surface area (Å²) in [4.78, 5) is 23.4. The molecule has 2 aromatic rings. The summed E-state index contributed by atoms with van der Waals surface area (Å²) in [5.41, 5.74) is 3.77. The number of methoxy groups -OCH3 is 1. The molecule has 6 heteroatoms. The normalized spacial score (nSPS) is 14.1. The number of hydrogen-bond donors (Lipinski definition) is 3. The Hall–Kier alpha value is -3.41. The molecule has 3 N–H and O–H groups in total. The smallest absolute Gasteiger partial charge is 0.341 e. The number of hydrogen-bond acceptors (Lipinski definition) is 5. The van der Waals surface area contributed by atoms with Crippen molar-refractivity contribution in [3.8, 4) is 11.1 Å². The number of carbonyl (C=O) groups excluding carboxylic acids is 1. The van der Waals surface area contributed by atoms with Gasteiger partial charge < -0.3 is 20.6 Å². The van der Waals surface area contributed by atoms with E-state index in [4.69, 9.17) is 10.1 Å². The van der Waals surface area contributed by atoms with Gasteiger partial charge in [0.15, 0.2) is 0 Å². The Morgan fingerprint density at radius 1 is 1.11 bits per heavy atom. The second-order valence-corrected chi connectivity index (χ2v) is 6.77. The summed E-state index contributed by atoms with van der Waals surface area (Å²) in [5.74, 6) is -1.29. The number of benzene rings is 2. The van der Waals surface area contributed by atoms with Crippen LogP contribution in [0.15, 0.2) is 59.8 Å². The Kier molecular flexibility index (Phi) is 5.59. The van der Waals surface area contributed by atoms with Gasteiger partial charge in [0.25, 0.3) is 0 Å². The van der Waals surface area contributed by atoms with E-state index in [9.17, 15) is 14.7 Å². The predicted molar refractivity (Wildman–Crippen MR) is 108 cm³/mol. The first-order valence-corrected chi connectivity index (χ1v) is 8.99. The zero-order valence-corrected chi connectivity index (χ0v) is 15.8. The second-order valence-electron chi connectivity index (χ2n) is 6.77. The van der Waals surface area contributed by atoms with Crippen molar-refractivity contribution in [2.75, 3.05) is 12.4 Å². The Labute approximate surface area is 163 Å². The van der Waals surface area contributed by atoms with E-state index in [1.807, 2.05) is 30.3 Å². The maximum atomic E-state index is 12.2. The summed E-state index contributed by atoms with van der Waals surface area (Å²) in [7, 11) is 1.31. The minimum absolute atomic E-state index is 0.159. The van der Waals surface area contributed by atoms with E-state index < -0.39 is 11.9 Å². The zero-order valence-electron chi connectivity index (χ0n) is 15.8. The van der Waals surface area contributed by atoms with E-state index in [1.54, 1.807) is 25.1 Å². The molecule has 0 radical (unpaired) electrons. The lowest BCUT2D eigenvalue weighted by atomic mass is 10.0. The third-order valence-electron chi connectivity index (χ3n) is 4.60. The molecule has 0 aromatic heterocycles. The minimum atomic E-state index is -0.973. The Bertz CT molecular complexity index is 974. The van der Waals surface area contributed by atoms with Crippen LogP contribution in [-0.2, 0) is 9.53 Å². The molecule has 144 valence electrons. The number of esters is 1. The monoisotopic (exact) mass is 378 g/mol. The molecule has 28 heavy (non-hydrogen) atoms. The molecule has 0 unspecified atom stereocenters. The van der Waals surface area contributed by atoms with E-state index >= 15 is 0 Å². The van der Waals surface area contributed by atoms with Gasteiger partial charge in [-0.1, -0.05) is 24.3 Å². The fourth-order valence-corrected chi connectivity index (χ4v) is 3.07. The van der Waals surface area contributed by atoms with Gasteiger partial charge in [0.2, 0.25) is 0 Å². The number of carbonyl (C=O) groups is 2. The van der Waals surface area contributed by atoms with Crippen molar-refractivity contribution in [2.45, 2.75) is 19.8 Å². The van der Waals surface area contributed by atoms with Crippen LogP contribution in [0.2, 0.25) is 0 Å². The molecule has 0 atom stereocenters. The number of rotatable bonds is 7. The lowest BCUT2D eigenvalue weighted by Crippen LogP contribution is -2.19. The fourth-order valence-electron chi connectivity index (χ4n) is 3.07. The van der Waals surface area contributed by atoms with Gasteiger partial charge in [-0.25, -0.2) is 9.59 Å². The molecule has 0 heterocycles. The predicted octanol–water partition coefficient (Wildman–Crippen LogP) is 4.34. The van der Waals surface area contributed by atoms with E-state index in [2.05, 4.69) is 5.32 Å². The van der Waals surface area contributed by atoms with Crippen LogP contribution >= 0.6 is 0 Å². The molecule has 0 amide bonds. The van der Waals surface area contributed by atoms with E-state index in [0.717, 1.165) is 29.7 Å². The second kappa shape index (κ2) is 8.08. The van der Waals surface area contributed by atoms with Crippen LogP contribution in [0.5, 0.6) is 0 Å². The third kappa shape index (κ3) is 4.28. The molecule has 0 spiro atoms. The maximum absolute atomic E-state index is 12.2. The number of aromatic carboxylic acids is 1. The molecule has 0 saturated heterocycles. The molecule has 2 aromatic carbocycles. The summed E-state index contributed by atoms with van der Waals surface area (Å²) in [5, 5.41) is 20.5. The topological polar surface area (TPSA) is 99.5 Å². The highest BCUT2D eigenvalue weighted by Crippen LogP contribution is 2.39. The van der Waals surface area contributed by atoms with Crippen LogP contribution in [0.1, 0.15) is 30.1 Å². The largest absolute Gasteiger partial charge is 0.478 e. The molecule has 1 aliphatic rings. The number of allylic oxidation sites excluding steroid dienone is 1. The molecular formula is C22H22N2O4. The van der Waals surface area contributed by atoms with E-state index in [0.29, 0.717) is 5.70 Å². The Morgan fingerprint density at radius 3 is 2.32 bits per heavy atom. The van der Waals surface area contributed by atoms with Crippen LogP contribution < -0.4 is 5.32 Å². The number of carboxylic acids is 1. The minimum Gasteiger partial charge on any atom is -0.478 e. The highest BCUT2D eigenvalue weighted by molar-refractivity contribution is 6.18. The molecule has 3 rings (SSSR count). The van der Waals surface area contributed by atoms with Crippen molar-refractivity contribution in [2.24, 2.45) is 5.92 Å². The van der Waals surface area contributed by atoms with Gasteiger partial charge in [0.05, 0.1) is 18.2 Å². The van der Waals surface area contributed by atoms with Crippen LogP contribution in [0.4, 0.5) is 5.69 Å². The van der Waals surface area contributed by atoms with Crippen molar-refractivity contribution >= 4 is 23.3 Å². The zero-order chi connectivity index (χ0) is 20.3. The highest BCUT2D eigenvalue weighted by atomic mass is 16.5. The lowest BCUT2D eigenvalue weighted by Gasteiger charge is -2.16. The summed E-state index contributed by atoms with van der Waals surface area (Å²) >= 11 is 0. The fraction of sp³-hybridized carbons (Fsp3) is 0.227. The van der Waals surface area contributed by atoms with E-state index in [1.165, 1.54) is 7.11 Å². The lowest BCUT2D eigenvalue weighted by molar-refractivity contribution is -0.135. The average Bonchev–Trinajstić information content (AvgIpc) is 3.52. The molecule has 1 saturated carbocycles. The van der Waals surface area contributed by atoms with Crippen molar-refractivity contribution in [3.63, 3.8) is 0 Å². The third-order valence-corrected chi connectivity index (χ3v) is 4.60. The summed E-state index contributed by atoms with van der Waals surface area (Å²) < 4.78 is 4.87. The number of nitrogens with one attached hydrogen (secondary N) is 2. The maximum Gasteiger partial charge on any atom is 0.341 e.